The van der Waals surface area contributed by atoms with Crippen molar-refractivity contribution in [3.8, 4) is 5.75 Å². The molecule has 0 saturated carbocycles. The Morgan fingerprint density at radius 3 is 2.20 bits per heavy atom. The zero-order chi connectivity index (χ0) is 15.3. The van der Waals surface area contributed by atoms with Crippen LogP contribution in [-0.4, -0.2) is 25.2 Å². The average molecular weight is 290 g/mol. The van der Waals surface area contributed by atoms with Gasteiger partial charge in [-0.3, -0.25) is 9.59 Å². The second-order valence-corrected chi connectivity index (χ2v) is 4.12. The summed E-state index contributed by atoms with van der Waals surface area (Å²) in [6.45, 7) is 1.54. The highest BCUT2D eigenvalue weighted by molar-refractivity contribution is 5.99. The van der Waals surface area contributed by atoms with Gasteiger partial charge in [-0.2, -0.15) is 0 Å². The molecule has 0 aliphatic carbocycles. The predicted octanol–water partition coefficient (Wildman–Crippen LogP) is 2.97. The minimum absolute atomic E-state index is 0.0872. The van der Waals surface area contributed by atoms with Gasteiger partial charge in [-0.05, 0) is 24.3 Å². The van der Waals surface area contributed by atoms with E-state index in [-0.39, 0.29) is 17.8 Å². The molecule has 0 aliphatic rings. The van der Waals surface area contributed by atoms with Crippen LogP contribution in [0.3, 0.4) is 0 Å². The maximum atomic E-state index is 12.0. The lowest BCUT2D eigenvalue weighted by Crippen LogP contribution is -2.18. The van der Waals surface area contributed by atoms with Crippen LogP contribution in [0.5, 0.6) is 5.75 Å². The summed E-state index contributed by atoms with van der Waals surface area (Å²) in [5.74, 6) is -1.90. The van der Waals surface area contributed by atoms with E-state index >= 15 is 0 Å². The zero-order valence-corrected chi connectivity index (χ0v) is 10.9. The quantitative estimate of drug-likeness (QED) is 0.618. The van der Waals surface area contributed by atoms with E-state index in [9.17, 15) is 22.8 Å². The van der Waals surface area contributed by atoms with Gasteiger partial charge in [0.15, 0.2) is 5.78 Å². The lowest BCUT2D eigenvalue weighted by Gasteiger charge is -2.11. The standard InChI is InChI=1S/C13H13F3O4/c1-8(7-11(17)19-2)12(18)9-3-5-10(6-4-9)20-13(14,15)16/h3-6,8H,7H2,1-2H3. The first kappa shape index (κ1) is 16.0. The molecule has 0 amide bonds. The van der Waals surface area contributed by atoms with Gasteiger partial charge < -0.3 is 9.47 Å². The molecule has 1 rings (SSSR count). The first-order valence-corrected chi connectivity index (χ1v) is 5.70. The molecular formula is C13H13F3O4. The molecule has 1 atom stereocenters. The molecule has 1 aromatic carbocycles. The second-order valence-electron chi connectivity index (χ2n) is 4.12. The van der Waals surface area contributed by atoms with E-state index in [1.807, 2.05) is 0 Å². The van der Waals surface area contributed by atoms with Gasteiger partial charge in [0.1, 0.15) is 5.75 Å². The fraction of sp³-hybridized carbons (Fsp3) is 0.385. The molecule has 0 N–H and O–H groups in total. The van der Waals surface area contributed by atoms with Gasteiger partial charge in [-0.15, -0.1) is 13.2 Å². The summed E-state index contributed by atoms with van der Waals surface area (Å²) >= 11 is 0. The Kier molecular flexibility index (Phi) is 5.12. The molecule has 0 aliphatic heterocycles. The summed E-state index contributed by atoms with van der Waals surface area (Å²) in [6, 6.07) is 4.53. The normalized spacial score (nSPS) is 12.7. The minimum atomic E-state index is -4.77. The third kappa shape index (κ3) is 4.91. The van der Waals surface area contributed by atoms with Crippen molar-refractivity contribution in [2.24, 2.45) is 5.92 Å². The summed E-state index contributed by atoms with van der Waals surface area (Å²) < 4.78 is 44.0. The SMILES string of the molecule is COC(=O)CC(C)C(=O)c1ccc(OC(F)(F)F)cc1. The number of ether oxygens (including phenoxy) is 2. The Bertz CT molecular complexity index is 479. The van der Waals surface area contributed by atoms with Gasteiger partial charge in [0.25, 0.3) is 0 Å². The number of carbonyl (C=O) groups is 2. The Labute approximate surface area is 113 Å². The van der Waals surface area contributed by atoms with Gasteiger partial charge in [-0.1, -0.05) is 6.92 Å². The van der Waals surface area contributed by atoms with Crippen LogP contribution in [0.1, 0.15) is 23.7 Å². The lowest BCUT2D eigenvalue weighted by molar-refractivity contribution is -0.274. The van der Waals surface area contributed by atoms with E-state index in [1.165, 1.54) is 19.2 Å². The molecule has 0 bridgehead atoms. The van der Waals surface area contributed by atoms with Crippen molar-refractivity contribution in [3.63, 3.8) is 0 Å². The van der Waals surface area contributed by atoms with Gasteiger partial charge in [0.05, 0.1) is 13.5 Å². The largest absolute Gasteiger partial charge is 0.573 e. The number of rotatable bonds is 5. The van der Waals surface area contributed by atoms with Gasteiger partial charge in [0.2, 0.25) is 0 Å². The molecule has 0 aromatic heterocycles. The first-order chi connectivity index (χ1) is 9.23. The molecule has 0 spiro atoms. The number of halogens is 3. The van der Waals surface area contributed by atoms with Crippen LogP contribution in [0.2, 0.25) is 0 Å². The lowest BCUT2D eigenvalue weighted by atomic mass is 9.96. The number of carbonyl (C=O) groups excluding carboxylic acids is 2. The predicted molar refractivity (Wildman–Crippen MR) is 63.3 cm³/mol. The first-order valence-electron chi connectivity index (χ1n) is 5.70. The van der Waals surface area contributed by atoms with Gasteiger partial charge >= 0.3 is 12.3 Å². The van der Waals surface area contributed by atoms with Crippen molar-refractivity contribution < 1.29 is 32.2 Å². The van der Waals surface area contributed by atoms with E-state index < -0.39 is 24.0 Å². The van der Waals surface area contributed by atoms with Crippen molar-refractivity contribution in [3.05, 3.63) is 29.8 Å². The Morgan fingerprint density at radius 2 is 1.75 bits per heavy atom. The van der Waals surface area contributed by atoms with E-state index in [2.05, 4.69) is 9.47 Å². The monoisotopic (exact) mass is 290 g/mol. The molecule has 110 valence electrons. The van der Waals surface area contributed by atoms with Crippen LogP contribution in [0.15, 0.2) is 24.3 Å². The maximum absolute atomic E-state index is 12.0. The fourth-order valence-corrected chi connectivity index (χ4v) is 1.53. The Morgan fingerprint density at radius 1 is 1.20 bits per heavy atom. The molecule has 0 fully saturated rings. The topological polar surface area (TPSA) is 52.6 Å². The highest BCUT2D eigenvalue weighted by Gasteiger charge is 2.31. The van der Waals surface area contributed by atoms with Crippen molar-refractivity contribution >= 4 is 11.8 Å². The van der Waals surface area contributed by atoms with Crippen LogP contribution < -0.4 is 4.74 Å². The van der Waals surface area contributed by atoms with E-state index in [0.29, 0.717) is 0 Å². The minimum Gasteiger partial charge on any atom is -0.469 e. The number of hydrogen-bond donors (Lipinski definition) is 0. The van der Waals surface area contributed by atoms with E-state index in [1.54, 1.807) is 6.92 Å². The third-order valence-corrected chi connectivity index (χ3v) is 2.52. The van der Waals surface area contributed by atoms with Gasteiger partial charge in [0, 0.05) is 11.5 Å². The molecule has 4 nitrogen and oxygen atoms in total. The number of esters is 1. The molecule has 0 saturated heterocycles. The van der Waals surface area contributed by atoms with Gasteiger partial charge in [-0.25, -0.2) is 0 Å². The summed E-state index contributed by atoms with van der Waals surface area (Å²) in [4.78, 5) is 23.0. The molecule has 1 unspecified atom stereocenters. The molecule has 0 radical (unpaired) electrons. The summed E-state index contributed by atoms with van der Waals surface area (Å²) in [5.41, 5.74) is 0.205. The van der Waals surface area contributed by atoms with Crippen molar-refractivity contribution in [1.82, 2.24) is 0 Å². The van der Waals surface area contributed by atoms with Crippen molar-refractivity contribution in [1.29, 1.82) is 0 Å². The molecule has 7 heteroatoms. The smallest absolute Gasteiger partial charge is 0.469 e. The number of methoxy groups -OCH3 is 1. The molecule has 20 heavy (non-hydrogen) atoms. The van der Waals surface area contributed by atoms with Crippen LogP contribution in [0, 0.1) is 5.92 Å². The number of hydrogen-bond acceptors (Lipinski definition) is 4. The number of Topliss-reactive ketones (excluding diaryl/α,β-unsaturated/α-hetero) is 1. The molecule has 1 aromatic rings. The summed E-state index contributed by atoms with van der Waals surface area (Å²) in [7, 11) is 1.21. The Hall–Kier alpha value is -2.05. The second kappa shape index (κ2) is 6.40. The van der Waals surface area contributed by atoms with Crippen LogP contribution >= 0.6 is 0 Å². The number of benzene rings is 1. The number of alkyl halides is 3. The van der Waals surface area contributed by atoms with Crippen LogP contribution in [0.25, 0.3) is 0 Å². The highest BCUT2D eigenvalue weighted by atomic mass is 19.4. The average Bonchev–Trinajstić information content (AvgIpc) is 2.36. The third-order valence-electron chi connectivity index (χ3n) is 2.52. The summed E-state index contributed by atoms with van der Waals surface area (Å²) in [6.07, 6.45) is -4.86. The summed E-state index contributed by atoms with van der Waals surface area (Å²) in [5, 5.41) is 0. The molecule has 0 heterocycles. The maximum Gasteiger partial charge on any atom is 0.573 e. The molecular weight excluding hydrogens is 277 g/mol. The van der Waals surface area contributed by atoms with E-state index in [4.69, 9.17) is 0 Å². The van der Waals surface area contributed by atoms with Crippen molar-refractivity contribution in [2.45, 2.75) is 19.7 Å². The zero-order valence-electron chi connectivity index (χ0n) is 10.9. The highest BCUT2D eigenvalue weighted by Crippen LogP contribution is 2.23. The fourth-order valence-electron chi connectivity index (χ4n) is 1.53. The van der Waals surface area contributed by atoms with Crippen LogP contribution in [0.4, 0.5) is 13.2 Å². The van der Waals surface area contributed by atoms with Crippen molar-refractivity contribution in [2.75, 3.05) is 7.11 Å². The number of ketones is 1. The Balaban J connectivity index is 2.73. The van der Waals surface area contributed by atoms with Crippen LogP contribution in [-0.2, 0) is 9.53 Å². The van der Waals surface area contributed by atoms with E-state index in [0.717, 1.165) is 12.1 Å².